The smallest absolute Gasteiger partial charge is 0.182 e. The lowest BCUT2D eigenvalue weighted by molar-refractivity contribution is 0.155. The molecule has 0 aromatic carbocycles. The molecule has 3 heteroatoms. The quantitative estimate of drug-likeness (QED) is 0.581. The first-order chi connectivity index (χ1) is 5.64. The second kappa shape index (κ2) is 2.54. The molecule has 1 aliphatic carbocycles. The highest BCUT2D eigenvalue weighted by Crippen LogP contribution is 2.45. The largest absolute Gasteiger partial charge is 0.366 e. The van der Waals surface area contributed by atoms with Gasteiger partial charge in [0.1, 0.15) is 6.10 Å². The van der Waals surface area contributed by atoms with Crippen LogP contribution in [-0.2, 0) is 4.74 Å². The number of aliphatic hydroxyl groups excluding tert-OH is 1. The highest BCUT2D eigenvalue weighted by molar-refractivity contribution is 5.88. The van der Waals surface area contributed by atoms with Gasteiger partial charge in [-0.3, -0.25) is 0 Å². The zero-order valence-corrected chi connectivity index (χ0v) is 7.34. The van der Waals surface area contributed by atoms with E-state index in [-0.39, 0.29) is 11.5 Å². The van der Waals surface area contributed by atoms with Crippen LogP contribution in [0.15, 0.2) is 0 Å². The first-order valence-corrected chi connectivity index (χ1v) is 4.56. The molecule has 3 atom stereocenters. The fourth-order valence-corrected chi connectivity index (χ4v) is 2.11. The minimum Gasteiger partial charge on any atom is -0.366 e. The van der Waals surface area contributed by atoms with E-state index < -0.39 is 6.29 Å². The van der Waals surface area contributed by atoms with Crippen LogP contribution in [0.5, 0.6) is 0 Å². The molecule has 12 heavy (non-hydrogen) atoms. The van der Waals surface area contributed by atoms with E-state index in [0.29, 0.717) is 0 Å². The van der Waals surface area contributed by atoms with Gasteiger partial charge in [0.15, 0.2) is 6.29 Å². The van der Waals surface area contributed by atoms with Crippen LogP contribution in [0.2, 0.25) is 0 Å². The lowest BCUT2D eigenvalue weighted by atomic mass is 9.71. The third kappa shape index (κ3) is 1.08. The molecule has 0 aromatic rings. The molecule has 1 heterocycles. The second-order valence-electron chi connectivity index (χ2n) is 4.05. The third-order valence-electron chi connectivity index (χ3n) is 3.16. The Balaban J connectivity index is 2.11. The van der Waals surface area contributed by atoms with Gasteiger partial charge in [-0.1, -0.05) is 13.3 Å². The van der Waals surface area contributed by atoms with Gasteiger partial charge in [-0.05, 0) is 19.3 Å². The molecule has 68 valence electrons. The van der Waals surface area contributed by atoms with Gasteiger partial charge in [0, 0.05) is 11.1 Å². The number of aliphatic hydroxyl groups is 1. The number of hydrogen-bond donors (Lipinski definition) is 2. The summed E-state index contributed by atoms with van der Waals surface area (Å²) in [6.45, 7) is 2.04. The van der Waals surface area contributed by atoms with Crippen molar-refractivity contribution in [3.63, 3.8) is 0 Å². The SMILES string of the molecule is CC1(C2OC2O)CCCCC1=N. The van der Waals surface area contributed by atoms with Crippen molar-refractivity contribution < 1.29 is 9.84 Å². The Kier molecular flexibility index (Phi) is 1.73. The fraction of sp³-hybridized carbons (Fsp3) is 0.889. The van der Waals surface area contributed by atoms with Crippen molar-refractivity contribution in [1.29, 1.82) is 5.41 Å². The van der Waals surface area contributed by atoms with Crippen LogP contribution in [0, 0.1) is 10.8 Å². The van der Waals surface area contributed by atoms with Gasteiger partial charge < -0.3 is 15.3 Å². The van der Waals surface area contributed by atoms with E-state index in [1.165, 1.54) is 0 Å². The number of ether oxygens (including phenoxy) is 1. The van der Waals surface area contributed by atoms with Gasteiger partial charge >= 0.3 is 0 Å². The molecular formula is C9H15NO2. The molecule has 2 fully saturated rings. The van der Waals surface area contributed by atoms with E-state index >= 15 is 0 Å². The molecule has 3 nitrogen and oxygen atoms in total. The van der Waals surface area contributed by atoms with E-state index in [4.69, 9.17) is 15.3 Å². The number of rotatable bonds is 1. The first-order valence-electron chi connectivity index (χ1n) is 4.56. The average molecular weight is 169 g/mol. The molecule has 1 aliphatic heterocycles. The average Bonchev–Trinajstić information content (AvgIpc) is 2.74. The molecule has 1 saturated carbocycles. The molecule has 0 amide bonds. The molecule has 2 aliphatic rings. The van der Waals surface area contributed by atoms with E-state index in [0.717, 1.165) is 31.4 Å². The van der Waals surface area contributed by atoms with E-state index in [1.54, 1.807) is 0 Å². The first kappa shape index (κ1) is 8.20. The normalized spacial score (nSPS) is 47.7. The van der Waals surface area contributed by atoms with Crippen molar-refractivity contribution in [3.8, 4) is 0 Å². The van der Waals surface area contributed by atoms with Gasteiger partial charge in [-0.15, -0.1) is 0 Å². The van der Waals surface area contributed by atoms with Crippen LogP contribution >= 0.6 is 0 Å². The Hall–Kier alpha value is -0.410. The highest BCUT2D eigenvalue weighted by atomic mass is 16.7. The van der Waals surface area contributed by atoms with Crippen molar-refractivity contribution in [2.45, 2.75) is 45.0 Å². The maximum atomic E-state index is 9.14. The molecule has 1 saturated heterocycles. The summed E-state index contributed by atoms with van der Waals surface area (Å²) in [4.78, 5) is 0. The fourth-order valence-electron chi connectivity index (χ4n) is 2.11. The Morgan fingerprint density at radius 2 is 2.25 bits per heavy atom. The Morgan fingerprint density at radius 3 is 2.75 bits per heavy atom. The van der Waals surface area contributed by atoms with Gasteiger partial charge in [0.25, 0.3) is 0 Å². The zero-order chi connectivity index (χ0) is 8.77. The third-order valence-corrected chi connectivity index (χ3v) is 3.16. The minimum absolute atomic E-state index is 0.0923. The van der Waals surface area contributed by atoms with Crippen molar-refractivity contribution in [3.05, 3.63) is 0 Å². The Morgan fingerprint density at radius 1 is 1.58 bits per heavy atom. The maximum Gasteiger partial charge on any atom is 0.182 e. The summed E-state index contributed by atoms with van der Waals surface area (Å²) in [7, 11) is 0. The molecule has 0 spiro atoms. The van der Waals surface area contributed by atoms with Gasteiger partial charge in [-0.25, -0.2) is 0 Å². The summed E-state index contributed by atoms with van der Waals surface area (Å²) in [5, 5.41) is 17.0. The van der Waals surface area contributed by atoms with Crippen LogP contribution in [0.4, 0.5) is 0 Å². The maximum absolute atomic E-state index is 9.14. The minimum atomic E-state index is -0.603. The molecule has 2 rings (SSSR count). The summed E-state index contributed by atoms with van der Waals surface area (Å²) in [5.74, 6) is 0. The Bertz CT molecular complexity index is 217. The van der Waals surface area contributed by atoms with Gasteiger partial charge in [0.05, 0.1) is 0 Å². The highest BCUT2D eigenvalue weighted by Gasteiger charge is 2.53. The van der Waals surface area contributed by atoms with Crippen LogP contribution < -0.4 is 0 Å². The lowest BCUT2D eigenvalue weighted by Gasteiger charge is -2.32. The van der Waals surface area contributed by atoms with E-state index in [9.17, 15) is 0 Å². The van der Waals surface area contributed by atoms with Crippen LogP contribution in [0.1, 0.15) is 32.6 Å². The second-order valence-corrected chi connectivity index (χ2v) is 4.05. The number of epoxide rings is 1. The van der Waals surface area contributed by atoms with Crippen LogP contribution in [0.25, 0.3) is 0 Å². The van der Waals surface area contributed by atoms with Gasteiger partial charge in [0.2, 0.25) is 0 Å². The van der Waals surface area contributed by atoms with Crippen LogP contribution in [0.3, 0.4) is 0 Å². The van der Waals surface area contributed by atoms with Crippen molar-refractivity contribution in [1.82, 2.24) is 0 Å². The summed E-state index contributed by atoms with van der Waals surface area (Å²) < 4.78 is 5.04. The van der Waals surface area contributed by atoms with E-state index in [2.05, 4.69) is 0 Å². The predicted molar refractivity (Wildman–Crippen MR) is 45.2 cm³/mol. The van der Waals surface area contributed by atoms with Crippen LogP contribution in [-0.4, -0.2) is 23.2 Å². The summed E-state index contributed by atoms with van der Waals surface area (Å²) in [6.07, 6.45) is 3.46. The van der Waals surface area contributed by atoms with Crippen molar-refractivity contribution >= 4 is 5.71 Å². The molecule has 0 bridgehead atoms. The summed E-state index contributed by atoms with van der Waals surface area (Å²) in [5.41, 5.74) is 0.591. The number of hydrogen-bond acceptors (Lipinski definition) is 3. The number of nitrogens with one attached hydrogen (secondary N) is 1. The molecule has 0 aromatic heterocycles. The summed E-state index contributed by atoms with van der Waals surface area (Å²) >= 11 is 0. The topological polar surface area (TPSA) is 56.6 Å². The Labute approximate surface area is 72.2 Å². The van der Waals surface area contributed by atoms with E-state index in [1.807, 2.05) is 6.92 Å². The summed E-state index contributed by atoms with van der Waals surface area (Å²) in [6, 6.07) is 0. The van der Waals surface area contributed by atoms with Crippen molar-refractivity contribution in [2.75, 3.05) is 0 Å². The zero-order valence-electron chi connectivity index (χ0n) is 7.34. The monoisotopic (exact) mass is 169 g/mol. The molecule has 2 N–H and O–H groups in total. The standard InChI is InChI=1S/C9H15NO2/c1-9(7-8(11)12-7)5-3-2-4-6(9)10/h7-8,10-11H,2-5H2,1H3. The van der Waals surface area contributed by atoms with Gasteiger partial charge in [-0.2, -0.15) is 0 Å². The predicted octanol–water partition coefficient (Wildman–Crippen LogP) is 1.30. The lowest BCUT2D eigenvalue weighted by Crippen LogP contribution is -2.36. The molecule has 0 radical (unpaired) electrons. The van der Waals surface area contributed by atoms with Crippen molar-refractivity contribution in [2.24, 2.45) is 5.41 Å². The molecule has 3 unspecified atom stereocenters. The molecular weight excluding hydrogens is 154 g/mol.